The van der Waals surface area contributed by atoms with Crippen molar-refractivity contribution in [2.24, 2.45) is 0 Å². The summed E-state index contributed by atoms with van der Waals surface area (Å²) in [4.78, 5) is 18.4. The quantitative estimate of drug-likeness (QED) is 0.0705. The highest BCUT2D eigenvalue weighted by atomic mass is 19.1. The number of rotatable bonds is 0. The van der Waals surface area contributed by atoms with Crippen LogP contribution in [0.3, 0.4) is 0 Å². The number of aromatic nitrogens is 12. The molecule has 24 nitrogen and oxygen atoms in total. The number of hydrogen-bond acceptors (Lipinski definition) is 20. The van der Waals surface area contributed by atoms with Crippen molar-refractivity contribution >= 4 is 45.9 Å². The molecule has 0 spiro atoms. The number of hydrogen-bond donors (Lipinski definition) is 8. The molecule has 4 aromatic carbocycles. The molecule has 26 heteroatoms. The van der Waals surface area contributed by atoms with Gasteiger partial charge in [0.05, 0.1) is 50.3 Å². The summed E-state index contributed by atoms with van der Waals surface area (Å²) < 4.78 is 58.4. The van der Waals surface area contributed by atoms with Crippen molar-refractivity contribution in [2.75, 3.05) is 126 Å². The normalized spacial score (nSPS) is 15.4. The molecule has 484 valence electrons. The molecule has 0 fully saturated rings. The van der Waals surface area contributed by atoms with Gasteiger partial charge in [0, 0.05) is 98.8 Å². The zero-order valence-electron chi connectivity index (χ0n) is 51.9. The molecular weight excluding hydrogens is 1200 g/mol. The topological polar surface area (TPSA) is 254 Å². The summed E-state index contributed by atoms with van der Waals surface area (Å²) >= 11 is 0. The largest absolute Gasteiger partial charge is 0.494 e. The van der Waals surface area contributed by atoms with E-state index in [1.165, 1.54) is 12.1 Å². The highest BCUT2D eigenvalue weighted by Crippen LogP contribution is 2.33. The van der Waals surface area contributed by atoms with Crippen molar-refractivity contribution in [3.63, 3.8) is 0 Å². The van der Waals surface area contributed by atoms with E-state index in [-0.39, 0.29) is 17.4 Å². The summed E-state index contributed by atoms with van der Waals surface area (Å²) in [6.07, 6.45) is 16.4. The van der Waals surface area contributed by atoms with Crippen LogP contribution >= 0.6 is 0 Å². The first-order valence-corrected chi connectivity index (χ1v) is 31.9. The molecule has 12 aromatic rings. The number of nitrogens with zero attached hydrogens (tertiary/aromatic N) is 12. The molecule has 94 heavy (non-hydrogen) atoms. The van der Waals surface area contributed by atoms with E-state index >= 15 is 0 Å². The van der Waals surface area contributed by atoms with Crippen LogP contribution < -0.4 is 61.5 Å². The lowest BCUT2D eigenvalue weighted by atomic mass is 10.1. The first-order valence-electron chi connectivity index (χ1n) is 31.9. The van der Waals surface area contributed by atoms with E-state index in [1.807, 2.05) is 102 Å². The van der Waals surface area contributed by atoms with Gasteiger partial charge in [-0.2, -0.15) is 15.3 Å². The molecule has 0 saturated heterocycles. The minimum Gasteiger partial charge on any atom is -0.494 e. The van der Waals surface area contributed by atoms with Crippen molar-refractivity contribution in [3.8, 4) is 67.6 Å². The molecule has 16 bridgehead atoms. The van der Waals surface area contributed by atoms with E-state index < -0.39 is 0 Å². The van der Waals surface area contributed by atoms with Gasteiger partial charge < -0.3 is 61.5 Å². The van der Waals surface area contributed by atoms with Gasteiger partial charge in [-0.15, -0.1) is 5.10 Å². The van der Waals surface area contributed by atoms with Gasteiger partial charge in [0.15, 0.2) is 34.2 Å². The highest BCUT2D eigenvalue weighted by molar-refractivity contribution is 5.81. The van der Waals surface area contributed by atoms with Crippen molar-refractivity contribution in [3.05, 3.63) is 170 Å². The molecule has 8 aromatic heterocycles. The molecule has 0 unspecified atom stereocenters. The maximum Gasteiger partial charge on any atom is 0.165 e. The Morgan fingerprint density at radius 2 is 0.883 bits per heavy atom. The van der Waals surface area contributed by atoms with Gasteiger partial charge in [-0.3, -0.25) is 0 Å². The minimum absolute atomic E-state index is 0.260. The van der Waals surface area contributed by atoms with Crippen molar-refractivity contribution in [1.82, 2.24) is 79.7 Å². The molecule has 12 heterocycles. The monoisotopic (exact) mass is 1270 g/mol. The standard InChI is InChI=1S/2C17H18FN5O.2C17H19N5O/c18-14-3-2-12-10-15(14)24-9-1-5-19-6-7-20-16-4-8-23-17(22-16)13(12)11-21-23;18-15-3-2-12-10-13(15)14-11-21-23-8-4-16(22-17(14)23)20-7-6-19-5-1-9-24-12;1-3-13-11-14(4-1)23-10-2-7-18-8-9-19-16-5-6-17-20-12-15(13)22(17)21-16;1-3-13-11-14(4-1)23-10-8-18-6-2-7-19-16-5-9-22-17(21-16)15(13)12-20-22/h2*2-4,8,10-11,19H,1,5-7,9H2,(H,20,22);1,3-6,11-12,18H,2,7-10H2,(H,19,21);1,3-5,9,11-12,18H,2,6-8,10H2,(H,19,21). The Morgan fingerprint density at radius 3 is 1.53 bits per heavy atom. The number of anilines is 4. The smallest absolute Gasteiger partial charge is 0.165 e. The number of halogens is 2. The molecule has 4 aliphatic rings. The number of nitrogens with one attached hydrogen (secondary N) is 8. The van der Waals surface area contributed by atoms with Gasteiger partial charge in [-0.25, -0.2) is 46.8 Å². The summed E-state index contributed by atoms with van der Waals surface area (Å²) in [6, 6.07) is 35.4. The van der Waals surface area contributed by atoms with Gasteiger partial charge in [0.1, 0.15) is 52.9 Å². The third kappa shape index (κ3) is 15.7. The van der Waals surface area contributed by atoms with Crippen LogP contribution in [0.1, 0.15) is 25.7 Å². The minimum atomic E-state index is -0.359. The van der Waals surface area contributed by atoms with E-state index in [0.717, 1.165) is 189 Å². The lowest BCUT2D eigenvalue weighted by Crippen LogP contribution is -2.24. The van der Waals surface area contributed by atoms with Gasteiger partial charge >= 0.3 is 0 Å². The summed E-state index contributed by atoms with van der Waals surface area (Å²) in [5, 5.41) is 44.4. The molecule has 0 aliphatic carbocycles. The van der Waals surface area contributed by atoms with Crippen molar-refractivity contribution < 1.29 is 27.7 Å². The van der Waals surface area contributed by atoms with Crippen LogP contribution in [-0.4, -0.2) is 163 Å². The van der Waals surface area contributed by atoms with E-state index in [0.29, 0.717) is 49.0 Å². The van der Waals surface area contributed by atoms with Crippen LogP contribution in [-0.2, 0) is 0 Å². The van der Waals surface area contributed by atoms with E-state index in [9.17, 15) is 8.78 Å². The van der Waals surface area contributed by atoms with E-state index in [1.54, 1.807) is 50.2 Å². The maximum absolute atomic E-state index is 14.4. The number of benzene rings is 4. The zero-order chi connectivity index (χ0) is 63.7. The molecule has 0 radical (unpaired) electrons. The molecular formula is C68H74F2N20O4. The average Bonchev–Trinajstić information content (AvgIpc) is 1.66. The van der Waals surface area contributed by atoms with E-state index in [4.69, 9.17) is 23.9 Å². The third-order valence-corrected chi connectivity index (χ3v) is 15.7. The Bertz CT molecular complexity index is 4340. The fourth-order valence-electron chi connectivity index (χ4n) is 10.9. The predicted molar refractivity (Wildman–Crippen MR) is 359 cm³/mol. The van der Waals surface area contributed by atoms with Gasteiger partial charge in [-0.05, 0) is 148 Å². The van der Waals surface area contributed by atoms with Crippen LogP contribution in [0, 0.1) is 11.6 Å². The number of fused-ring (bicyclic) bond motifs is 16. The van der Waals surface area contributed by atoms with Crippen LogP contribution in [0.2, 0.25) is 0 Å². The molecule has 0 saturated carbocycles. The number of imidazole rings is 1. The Morgan fingerprint density at radius 1 is 0.372 bits per heavy atom. The summed E-state index contributed by atoms with van der Waals surface area (Å²) in [5.41, 5.74) is 9.86. The van der Waals surface area contributed by atoms with Crippen molar-refractivity contribution in [2.45, 2.75) is 25.7 Å². The van der Waals surface area contributed by atoms with Crippen molar-refractivity contribution in [1.29, 1.82) is 0 Å². The van der Waals surface area contributed by atoms with Gasteiger partial charge in [-0.1, -0.05) is 30.3 Å². The summed E-state index contributed by atoms with van der Waals surface area (Å²) in [7, 11) is 0. The zero-order valence-corrected chi connectivity index (χ0v) is 51.9. The Labute approximate surface area is 540 Å². The SMILES string of the molecule is Fc1ccc2cc1-c1cnn3ccc(nc13)NCCNCCCO2.Fc1ccc2cc1OCCCNCCNc1ccn3ncc-2c3n1.c1cc2cc(c1)-c1cnc3ccc(nn13)NCCNCCCO2.c1cc2cc(c1)-c1cnn3ccc(nc13)NCCCNCCO2. The Balaban J connectivity index is 0.000000114. The fraction of sp³-hybridized carbons (Fsp3) is 0.294. The lowest BCUT2D eigenvalue weighted by molar-refractivity contribution is 0.294. The second kappa shape index (κ2) is 30.7. The summed E-state index contributed by atoms with van der Waals surface area (Å²) in [6.45, 7) is 12.6. The molecule has 0 atom stereocenters. The fourth-order valence-corrected chi connectivity index (χ4v) is 10.9. The predicted octanol–water partition coefficient (Wildman–Crippen LogP) is 9.00. The first kappa shape index (κ1) is 62.3. The Kier molecular flexibility index (Phi) is 20.4. The maximum atomic E-state index is 14.4. The van der Waals surface area contributed by atoms with Crippen LogP contribution in [0.15, 0.2) is 159 Å². The molecule has 0 amide bonds. The lowest BCUT2D eigenvalue weighted by Gasteiger charge is -2.09. The Hall–Kier alpha value is -10.5. The van der Waals surface area contributed by atoms with Gasteiger partial charge in [0.25, 0.3) is 0 Å². The molecule has 4 aliphatic heterocycles. The molecule has 16 rings (SSSR count). The van der Waals surface area contributed by atoms with E-state index in [2.05, 4.69) is 90.0 Å². The second-order valence-electron chi connectivity index (χ2n) is 22.4. The van der Waals surface area contributed by atoms with Gasteiger partial charge in [0.2, 0.25) is 0 Å². The average molecular weight is 1270 g/mol. The number of ether oxygens (including phenoxy) is 4. The van der Waals surface area contributed by atoms with Crippen LogP contribution in [0.4, 0.5) is 32.1 Å². The highest BCUT2D eigenvalue weighted by Gasteiger charge is 2.18. The second-order valence-corrected chi connectivity index (χ2v) is 22.4. The summed E-state index contributed by atoms with van der Waals surface area (Å²) in [5.74, 6) is 5.24. The third-order valence-electron chi connectivity index (χ3n) is 15.7. The first-order chi connectivity index (χ1) is 46.4. The van der Waals surface area contributed by atoms with Crippen LogP contribution in [0.5, 0.6) is 23.0 Å². The molecule has 8 N–H and O–H groups in total. The van der Waals surface area contributed by atoms with Crippen LogP contribution in [0.25, 0.3) is 67.2 Å².